The predicted molar refractivity (Wildman–Crippen MR) is 87.8 cm³/mol. The molecule has 2 aromatic rings. The molecule has 5 nitrogen and oxygen atoms in total. The van der Waals surface area contributed by atoms with Gasteiger partial charge in [0, 0.05) is 37.4 Å². The summed E-state index contributed by atoms with van der Waals surface area (Å²) in [5, 5.41) is 8.30. The fraction of sp³-hybridized carbons (Fsp3) is 0.333. The number of anilines is 1. The van der Waals surface area contributed by atoms with Crippen molar-refractivity contribution in [3.05, 3.63) is 46.2 Å². The molecular weight excluding hydrogens is 323 g/mol. The van der Waals surface area contributed by atoms with Crippen LogP contribution in [0.3, 0.4) is 0 Å². The van der Waals surface area contributed by atoms with Gasteiger partial charge in [-0.05, 0) is 30.7 Å². The molecule has 7 heteroatoms. The van der Waals surface area contributed by atoms with Crippen LogP contribution in [0.15, 0.2) is 30.5 Å². The molecule has 0 aliphatic carbocycles. The molecule has 3 rings (SSSR count). The average Bonchev–Trinajstić information content (AvgIpc) is 3.08. The van der Waals surface area contributed by atoms with Crippen molar-refractivity contribution in [2.75, 3.05) is 18.0 Å². The van der Waals surface area contributed by atoms with Crippen LogP contribution in [0, 0.1) is 0 Å². The van der Waals surface area contributed by atoms with Crippen molar-refractivity contribution in [3.8, 4) is 0 Å². The Labute approximate surface area is 138 Å². The van der Waals surface area contributed by atoms with Crippen molar-refractivity contribution in [2.24, 2.45) is 7.05 Å². The van der Waals surface area contributed by atoms with Gasteiger partial charge in [0.05, 0.1) is 10.7 Å². The minimum Gasteiger partial charge on any atom is -0.368 e. The molecule has 1 saturated heterocycles. The number of rotatable bonds is 3. The maximum atomic E-state index is 12.2. The smallest absolute Gasteiger partial charge is 0.269 e. The molecule has 1 aromatic carbocycles. The highest BCUT2D eigenvalue weighted by atomic mass is 35.5. The third-order valence-corrected chi connectivity index (χ3v) is 4.37. The first-order chi connectivity index (χ1) is 10.5. The van der Waals surface area contributed by atoms with E-state index in [-0.39, 0.29) is 11.9 Å². The Hall–Kier alpha value is -1.72. The third kappa shape index (κ3) is 3.05. The fourth-order valence-corrected chi connectivity index (χ4v) is 3.22. The molecule has 0 unspecified atom stereocenters. The largest absolute Gasteiger partial charge is 0.368 e. The molecule has 2 heterocycles. The van der Waals surface area contributed by atoms with E-state index < -0.39 is 0 Å². The van der Waals surface area contributed by atoms with Crippen LogP contribution in [0.2, 0.25) is 10.0 Å². The van der Waals surface area contributed by atoms with E-state index in [0.717, 1.165) is 25.2 Å². The molecule has 1 aliphatic heterocycles. The Morgan fingerprint density at radius 1 is 1.36 bits per heavy atom. The van der Waals surface area contributed by atoms with E-state index in [2.05, 4.69) is 15.3 Å². The van der Waals surface area contributed by atoms with Crippen molar-refractivity contribution >= 4 is 34.8 Å². The monoisotopic (exact) mass is 338 g/mol. The molecule has 0 radical (unpaired) electrons. The highest BCUT2D eigenvalue weighted by Crippen LogP contribution is 2.31. The van der Waals surface area contributed by atoms with Crippen molar-refractivity contribution < 1.29 is 4.79 Å². The second-order valence-corrected chi connectivity index (χ2v) is 6.18. The van der Waals surface area contributed by atoms with Crippen LogP contribution in [-0.4, -0.2) is 34.8 Å². The number of nitrogens with zero attached hydrogens (tertiary/aromatic N) is 3. The van der Waals surface area contributed by atoms with E-state index in [9.17, 15) is 4.79 Å². The van der Waals surface area contributed by atoms with E-state index in [1.807, 2.05) is 12.1 Å². The molecule has 0 bridgehead atoms. The molecule has 1 aliphatic rings. The van der Waals surface area contributed by atoms with Crippen molar-refractivity contribution in [2.45, 2.75) is 12.5 Å². The van der Waals surface area contributed by atoms with E-state index in [0.29, 0.717) is 15.7 Å². The van der Waals surface area contributed by atoms with Crippen LogP contribution in [0.25, 0.3) is 0 Å². The molecule has 1 amide bonds. The zero-order chi connectivity index (χ0) is 15.7. The molecule has 1 fully saturated rings. The Kier molecular flexibility index (Phi) is 4.27. The number of carbonyl (C=O) groups is 1. The van der Waals surface area contributed by atoms with Crippen molar-refractivity contribution in [1.82, 2.24) is 15.1 Å². The zero-order valence-electron chi connectivity index (χ0n) is 12.1. The first-order valence-electron chi connectivity index (χ1n) is 7.03. The number of amides is 1. The SMILES string of the molecule is Cn1nccc1C(=O)N[C@H]1CCN(c2ccc(Cl)cc2Cl)C1. The van der Waals surface area contributed by atoms with E-state index in [1.54, 1.807) is 30.1 Å². The normalized spacial score (nSPS) is 17.8. The van der Waals surface area contributed by atoms with Crippen LogP contribution in [0.4, 0.5) is 5.69 Å². The molecule has 1 N–H and O–H groups in total. The van der Waals surface area contributed by atoms with Crippen molar-refractivity contribution in [1.29, 1.82) is 0 Å². The summed E-state index contributed by atoms with van der Waals surface area (Å²) < 4.78 is 1.57. The second-order valence-electron chi connectivity index (χ2n) is 5.34. The van der Waals surface area contributed by atoms with Gasteiger partial charge in [0.1, 0.15) is 5.69 Å². The summed E-state index contributed by atoms with van der Waals surface area (Å²) >= 11 is 12.2. The van der Waals surface area contributed by atoms with Gasteiger partial charge in [-0.15, -0.1) is 0 Å². The molecule has 1 aromatic heterocycles. The maximum absolute atomic E-state index is 12.2. The lowest BCUT2D eigenvalue weighted by atomic mass is 10.2. The number of hydrogen-bond acceptors (Lipinski definition) is 3. The molecular formula is C15H16Cl2N4O. The van der Waals surface area contributed by atoms with Crippen LogP contribution >= 0.6 is 23.2 Å². The van der Waals surface area contributed by atoms with Gasteiger partial charge in [-0.3, -0.25) is 9.48 Å². The second kappa shape index (κ2) is 6.18. The first-order valence-corrected chi connectivity index (χ1v) is 7.79. The van der Waals surface area contributed by atoms with Gasteiger partial charge in [0.2, 0.25) is 0 Å². The van der Waals surface area contributed by atoms with E-state index >= 15 is 0 Å². The van der Waals surface area contributed by atoms with Crippen LogP contribution in [-0.2, 0) is 7.05 Å². The molecule has 0 saturated carbocycles. The number of aryl methyl sites for hydroxylation is 1. The quantitative estimate of drug-likeness (QED) is 0.936. The summed E-state index contributed by atoms with van der Waals surface area (Å²) in [6.07, 6.45) is 2.49. The van der Waals surface area contributed by atoms with Crippen LogP contribution in [0.5, 0.6) is 0 Å². The van der Waals surface area contributed by atoms with Gasteiger partial charge in [-0.1, -0.05) is 23.2 Å². The Bertz CT molecular complexity index is 701. The van der Waals surface area contributed by atoms with Gasteiger partial charge in [-0.2, -0.15) is 5.10 Å². The maximum Gasteiger partial charge on any atom is 0.269 e. The van der Waals surface area contributed by atoms with Gasteiger partial charge in [-0.25, -0.2) is 0 Å². The third-order valence-electron chi connectivity index (χ3n) is 3.83. The highest BCUT2D eigenvalue weighted by molar-refractivity contribution is 6.36. The number of nitrogens with one attached hydrogen (secondary N) is 1. The van der Waals surface area contributed by atoms with Crippen molar-refractivity contribution in [3.63, 3.8) is 0 Å². The summed E-state index contributed by atoms with van der Waals surface area (Å²) in [6, 6.07) is 7.27. The number of halogens is 2. The van der Waals surface area contributed by atoms with Gasteiger partial charge >= 0.3 is 0 Å². The summed E-state index contributed by atoms with van der Waals surface area (Å²) in [6.45, 7) is 1.57. The van der Waals surface area contributed by atoms with Crippen LogP contribution in [0.1, 0.15) is 16.9 Å². The number of carbonyl (C=O) groups excluding carboxylic acids is 1. The Morgan fingerprint density at radius 3 is 2.86 bits per heavy atom. The van der Waals surface area contributed by atoms with E-state index in [1.165, 1.54) is 0 Å². The van der Waals surface area contributed by atoms with Gasteiger partial charge in [0.25, 0.3) is 5.91 Å². The molecule has 1 atom stereocenters. The first kappa shape index (κ1) is 15.2. The Balaban J connectivity index is 1.65. The lowest BCUT2D eigenvalue weighted by Crippen LogP contribution is -2.38. The molecule has 22 heavy (non-hydrogen) atoms. The summed E-state index contributed by atoms with van der Waals surface area (Å²) in [5.74, 6) is -0.103. The number of benzene rings is 1. The molecule has 116 valence electrons. The number of hydrogen-bond donors (Lipinski definition) is 1. The summed E-state index contributed by atoms with van der Waals surface area (Å²) in [7, 11) is 1.75. The van der Waals surface area contributed by atoms with E-state index in [4.69, 9.17) is 23.2 Å². The average molecular weight is 339 g/mol. The van der Waals surface area contributed by atoms with Gasteiger partial charge in [0.15, 0.2) is 0 Å². The summed E-state index contributed by atoms with van der Waals surface area (Å²) in [4.78, 5) is 14.4. The summed E-state index contributed by atoms with van der Waals surface area (Å²) in [5.41, 5.74) is 1.51. The number of aromatic nitrogens is 2. The minimum absolute atomic E-state index is 0.0918. The minimum atomic E-state index is -0.103. The lowest BCUT2D eigenvalue weighted by molar-refractivity contribution is 0.0931. The standard InChI is InChI=1S/C15H16Cl2N4O/c1-20-14(4-6-18-20)15(22)19-11-5-7-21(9-11)13-3-2-10(16)8-12(13)17/h2-4,6,8,11H,5,7,9H2,1H3,(H,19,22)/t11-/m0/s1. The van der Waals surface area contributed by atoms with Crippen LogP contribution < -0.4 is 10.2 Å². The lowest BCUT2D eigenvalue weighted by Gasteiger charge is -2.20. The van der Waals surface area contributed by atoms with Gasteiger partial charge < -0.3 is 10.2 Å². The zero-order valence-corrected chi connectivity index (χ0v) is 13.6. The highest BCUT2D eigenvalue weighted by Gasteiger charge is 2.26. The fourth-order valence-electron chi connectivity index (χ4n) is 2.69. The molecule has 0 spiro atoms. The predicted octanol–water partition coefficient (Wildman–Crippen LogP) is 2.74. The topological polar surface area (TPSA) is 50.2 Å². The Morgan fingerprint density at radius 2 is 2.18 bits per heavy atom.